The minimum atomic E-state index is -0.985. The fourth-order valence-corrected chi connectivity index (χ4v) is 2.29. The Morgan fingerprint density at radius 1 is 1.53 bits per heavy atom. The van der Waals surface area contributed by atoms with Crippen molar-refractivity contribution in [1.82, 2.24) is 4.98 Å². The molecule has 1 heterocycles. The van der Waals surface area contributed by atoms with E-state index in [1.165, 1.54) is 17.4 Å². The highest BCUT2D eigenvalue weighted by Gasteiger charge is 2.02. The highest BCUT2D eigenvalue weighted by molar-refractivity contribution is 9.10. The van der Waals surface area contributed by atoms with Gasteiger partial charge in [-0.15, -0.1) is 11.3 Å². The van der Waals surface area contributed by atoms with Gasteiger partial charge in [-0.2, -0.15) is 0 Å². The SMILES string of the molecule is O=C(O)/C=C/c1cc(OCc2cscn2)ccc1Br. The van der Waals surface area contributed by atoms with Crippen LogP contribution in [-0.4, -0.2) is 16.1 Å². The van der Waals surface area contributed by atoms with Crippen molar-refractivity contribution in [3.05, 3.63) is 50.9 Å². The average molecular weight is 340 g/mol. The van der Waals surface area contributed by atoms with Crippen molar-refractivity contribution in [1.29, 1.82) is 0 Å². The van der Waals surface area contributed by atoms with Gasteiger partial charge in [-0.25, -0.2) is 9.78 Å². The minimum absolute atomic E-state index is 0.396. The molecule has 4 nitrogen and oxygen atoms in total. The lowest BCUT2D eigenvalue weighted by Gasteiger charge is -2.06. The maximum absolute atomic E-state index is 10.5. The Kier molecular flexibility index (Phi) is 4.70. The second-order valence-corrected chi connectivity index (χ2v) is 5.20. The quantitative estimate of drug-likeness (QED) is 0.845. The Hall–Kier alpha value is -1.66. The van der Waals surface area contributed by atoms with E-state index >= 15 is 0 Å². The van der Waals surface area contributed by atoms with E-state index in [1.807, 2.05) is 17.5 Å². The van der Waals surface area contributed by atoms with Crippen LogP contribution in [0.15, 0.2) is 39.6 Å². The lowest BCUT2D eigenvalue weighted by atomic mass is 10.2. The van der Waals surface area contributed by atoms with Crippen molar-refractivity contribution >= 4 is 39.3 Å². The van der Waals surface area contributed by atoms with Crippen molar-refractivity contribution in [2.24, 2.45) is 0 Å². The molecule has 0 aliphatic carbocycles. The predicted molar refractivity (Wildman–Crippen MR) is 77.3 cm³/mol. The van der Waals surface area contributed by atoms with Crippen LogP contribution in [0.5, 0.6) is 5.75 Å². The summed E-state index contributed by atoms with van der Waals surface area (Å²) in [7, 11) is 0. The van der Waals surface area contributed by atoms with E-state index in [9.17, 15) is 4.79 Å². The van der Waals surface area contributed by atoms with Gasteiger partial charge < -0.3 is 9.84 Å². The van der Waals surface area contributed by atoms with Gasteiger partial charge in [0.05, 0.1) is 11.2 Å². The molecule has 0 aliphatic heterocycles. The molecule has 0 saturated carbocycles. The summed E-state index contributed by atoms with van der Waals surface area (Å²) in [6, 6.07) is 5.41. The molecule has 0 unspecified atom stereocenters. The number of ether oxygens (including phenoxy) is 1. The summed E-state index contributed by atoms with van der Waals surface area (Å²) < 4.78 is 6.41. The number of carboxylic acids is 1. The monoisotopic (exact) mass is 339 g/mol. The van der Waals surface area contributed by atoms with Gasteiger partial charge in [-0.05, 0) is 29.8 Å². The maximum Gasteiger partial charge on any atom is 0.328 e. The fraction of sp³-hybridized carbons (Fsp3) is 0.0769. The fourth-order valence-electron chi connectivity index (χ4n) is 1.37. The highest BCUT2D eigenvalue weighted by Crippen LogP contribution is 2.24. The summed E-state index contributed by atoms with van der Waals surface area (Å²) in [5.41, 5.74) is 3.37. The number of halogens is 1. The molecular weight excluding hydrogens is 330 g/mol. The molecule has 0 fully saturated rings. The molecule has 1 N–H and O–H groups in total. The zero-order valence-corrected chi connectivity index (χ0v) is 12.1. The molecule has 0 saturated heterocycles. The van der Waals surface area contributed by atoms with Crippen molar-refractivity contribution < 1.29 is 14.6 Å². The van der Waals surface area contributed by atoms with Crippen LogP contribution in [0.4, 0.5) is 0 Å². The first-order valence-electron chi connectivity index (χ1n) is 5.35. The van der Waals surface area contributed by atoms with Crippen molar-refractivity contribution in [3.63, 3.8) is 0 Å². The zero-order valence-electron chi connectivity index (χ0n) is 9.75. The van der Waals surface area contributed by atoms with Crippen molar-refractivity contribution in [2.45, 2.75) is 6.61 Å². The normalized spacial score (nSPS) is 10.8. The van der Waals surface area contributed by atoms with Crippen molar-refractivity contribution in [2.75, 3.05) is 0 Å². The Labute approximate surface area is 122 Å². The van der Waals surface area contributed by atoms with E-state index in [0.29, 0.717) is 12.4 Å². The molecule has 0 radical (unpaired) electrons. The Balaban J connectivity index is 2.09. The summed E-state index contributed by atoms with van der Waals surface area (Å²) in [5.74, 6) is -0.318. The summed E-state index contributed by atoms with van der Waals surface area (Å²) in [4.78, 5) is 14.6. The molecule has 2 rings (SSSR count). The van der Waals surface area contributed by atoms with Crippen LogP contribution < -0.4 is 4.74 Å². The molecule has 0 bridgehead atoms. The smallest absolute Gasteiger partial charge is 0.328 e. The van der Waals surface area contributed by atoms with E-state index in [-0.39, 0.29) is 0 Å². The third-order valence-corrected chi connectivity index (χ3v) is 3.60. The Morgan fingerprint density at radius 3 is 3.05 bits per heavy atom. The number of carbonyl (C=O) groups is 1. The largest absolute Gasteiger partial charge is 0.487 e. The number of hydrogen-bond donors (Lipinski definition) is 1. The lowest BCUT2D eigenvalue weighted by molar-refractivity contribution is -0.131. The van der Waals surface area contributed by atoms with Crippen LogP contribution in [0.25, 0.3) is 6.08 Å². The molecule has 0 atom stereocenters. The van der Waals surface area contributed by atoms with E-state index < -0.39 is 5.97 Å². The van der Waals surface area contributed by atoms with Crippen LogP contribution in [0.3, 0.4) is 0 Å². The molecule has 0 spiro atoms. The number of rotatable bonds is 5. The molecule has 0 aliphatic rings. The molecule has 0 amide bonds. The molecule has 6 heteroatoms. The third kappa shape index (κ3) is 4.18. The first-order chi connectivity index (χ1) is 9.15. The minimum Gasteiger partial charge on any atom is -0.487 e. The highest BCUT2D eigenvalue weighted by atomic mass is 79.9. The van der Waals surface area contributed by atoms with Gasteiger partial charge in [-0.3, -0.25) is 0 Å². The van der Waals surface area contributed by atoms with Crippen molar-refractivity contribution in [3.8, 4) is 5.75 Å². The van der Waals surface area contributed by atoms with E-state index in [1.54, 1.807) is 11.6 Å². The standard InChI is InChI=1S/C13H10BrNO3S/c14-12-3-2-11(5-9(12)1-4-13(16)17)18-6-10-7-19-8-15-10/h1-5,7-8H,6H2,(H,16,17)/b4-1+. The van der Waals surface area contributed by atoms with Gasteiger partial charge in [0.15, 0.2) is 0 Å². The lowest BCUT2D eigenvalue weighted by Crippen LogP contribution is -1.95. The molecule has 1 aromatic heterocycles. The number of hydrogen-bond acceptors (Lipinski definition) is 4. The Bertz CT molecular complexity index is 596. The first kappa shape index (κ1) is 13.8. The van der Waals surface area contributed by atoms with Gasteiger partial charge in [0, 0.05) is 15.9 Å². The van der Waals surface area contributed by atoms with Crippen LogP contribution in [0.1, 0.15) is 11.3 Å². The number of nitrogens with zero attached hydrogens (tertiary/aromatic N) is 1. The van der Waals surface area contributed by atoms with Crippen LogP contribution >= 0.6 is 27.3 Å². The number of aromatic nitrogens is 1. The summed E-state index contributed by atoms with van der Waals surface area (Å²) in [5, 5.41) is 10.5. The number of carboxylic acid groups (broad SMARTS) is 1. The summed E-state index contributed by atoms with van der Waals surface area (Å²) in [6.07, 6.45) is 2.60. The third-order valence-electron chi connectivity index (χ3n) is 2.24. The molecule has 19 heavy (non-hydrogen) atoms. The van der Waals surface area contributed by atoms with Gasteiger partial charge in [0.2, 0.25) is 0 Å². The van der Waals surface area contributed by atoms with Gasteiger partial charge in [0.25, 0.3) is 0 Å². The molecule has 1 aromatic carbocycles. The second kappa shape index (κ2) is 6.49. The first-order valence-corrected chi connectivity index (χ1v) is 7.09. The van der Waals surface area contributed by atoms with E-state index in [0.717, 1.165) is 21.8 Å². The summed E-state index contributed by atoms with van der Waals surface area (Å²) in [6.45, 7) is 0.396. The van der Waals surface area contributed by atoms with Crippen LogP contribution in [0.2, 0.25) is 0 Å². The van der Waals surface area contributed by atoms with Gasteiger partial charge in [-0.1, -0.05) is 15.9 Å². The summed E-state index contributed by atoms with van der Waals surface area (Å²) >= 11 is 4.88. The van der Waals surface area contributed by atoms with Gasteiger partial charge in [0.1, 0.15) is 12.4 Å². The number of aliphatic carboxylic acids is 1. The predicted octanol–water partition coefficient (Wildman–Crippen LogP) is 3.58. The van der Waals surface area contributed by atoms with E-state index in [2.05, 4.69) is 20.9 Å². The Morgan fingerprint density at radius 2 is 2.37 bits per heavy atom. The average Bonchev–Trinajstić information content (AvgIpc) is 2.89. The topological polar surface area (TPSA) is 59.4 Å². The molecule has 98 valence electrons. The maximum atomic E-state index is 10.5. The molecule has 2 aromatic rings. The van der Waals surface area contributed by atoms with Crippen LogP contribution in [-0.2, 0) is 11.4 Å². The number of thiazole rings is 1. The zero-order chi connectivity index (χ0) is 13.7. The van der Waals surface area contributed by atoms with Gasteiger partial charge >= 0.3 is 5.97 Å². The molecular formula is C13H10BrNO3S. The second-order valence-electron chi connectivity index (χ2n) is 3.62. The number of benzene rings is 1. The van der Waals surface area contributed by atoms with Crippen LogP contribution in [0, 0.1) is 0 Å². The van der Waals surface area contributed by atoms with E-state index in [4.69, 9.17) is 9.84 Å².